The molecular formula is C38H45NS. The maximum atomic E-state index is 2.71. The highest BCUT2D eigenvalue weighted by molar-refractivity contribution is 7.13. The summed E-state index contributed by atoms with van der Waals surface area (Å²) in [5.74, 6) is 1.84. The van der Waals surface area contributed by atoms with Crippen molar-refractivity contribution in [2.24, 2.45) is 5.92 Å². The van der Waals surface area contributed by atoms with Gasteiger partial charge in [0.05, 0.1) is 5.54 Å². The van der Waals surface area contributed by atoms with Crippen molar-refractivity contribution in [1.82, 2.24) is 4.90 Å². The van der Waals surface area contributed by atoms with E-state index < -0.39 is 0 Å². The van der Waals surface area contributed by atoms with Gasteiger partial charge in [-0.15, -0.1) is 11.3 Å². The van der Waals surface area contributed by atoms with Gasteiger partial charge in [0.2, 0.25) is 0 Å². The molecule has 7 rings (SSSR count). The van der Waals surface area contributed by atoms with E-state index in [9.17, 15) is 0 Å². The lowest BCUT2D eigenvalue weighted by atomic mass is 9.80. The third-order valence-electron chi connectivity index (χ3n) is 10.3. The highest BCUT2D eigenvalue weighted by Gasteiger charge is 2.35. The molecule has 1 aromatic heterocycles. The number of fused-ring (bicyclic) bond motifs is 3. The van der Waals surface area contributed by atoms with Crippen LogP contribution in [0.5, 0.6) is 0 Å². The Hall–Kier alpha value is -2.58. The van der Waals surface area contributed by atoms with Crippen LogP contribution < -0.4 is 0 Å². The van der Waals surface area contributed by atoms with Crippen LogP contribution in [0.25, 0.3) is 6.08 Å². The van der Waals surface area contributed by atoms with E-state index in [2.05, 4.69) is 103 Å². The number of nitrogens with zero attached hydrogens (tertiary/aromatic N) is 1. The smallest absolute Gasteiger partial charge is 0.0602 e. The van der Waals surface area contributed by atoms with Gasteiger partial charge < -0.3 is 4.90 Å². The second-order valence-electron chi connectivity index (χ2n) is 13.2. The summed E-state index contributed by atoms with van der Waals surface area (Å²) in [5.41, 5.74) is 9.49. The molecule has 0 N–H and O–H groups in total. The molecule has 0 fully saturated rings. The Morgan fingerprint density at radius 3 is 2.50 bits per heavy atom. The first-order valence-corrected chi connectivity index (χ1v) is 16.9. The van der Waals surface area contributed by atoms with Gasteiger partial charge in [0, 0.05) is 27.1 Å². The number of thiophene rings is 1. The van der Waals surface area contributed by atoms with Gasteiger partial charge in [0.1, 0.15) is 0 Å². The molecule has 0 spiro atoms. The maximum Gasteiger partial charge on any atom is 0.0602 e. The minimum absolute atomic E-state index is 0.0848. The molecule has 5 aliphatic rings. The molecule has 0 saturated heterocycles. The molecule has 1 heterocycles. The average Bonchev–Trinajstić information content (AvgIpc) is 3.37. The van der Waals surface area contributed by atoms with Gasteiger partial charge in [-0.05, 0) is 130 Å². The quantitative estimate of drug-likeness (QED) is 0.337. The lowest BCUT2D eigenvalue weighted by molar-refractivity contribution is 0.213. The molecular weight excluding hydrogens is 502 g/mol. The molecule has 2 heteroatoms. The normalized spacial score (nSPS) is 29.4. The molecule has 2 aromatic rings. The van der Waals surface area contributed by atoms with Crippen LogP contribution in [0, 0.1) is 5.92 Å². The van der Waals surface area contributed by atoms with E-state index in [1.165, 1.54) is 80.3 Å². The Morgan fingerprint density at radius 1 is 0.850 bits per heavy atom. The monoisotopic (exact) mass is 547 g/mol. The average molecular weight is 548 g/mol. The van der Waals surface area contributed by atoms with Crippen molar-refractivity contribution in [3.05, 3.63) is 110 Å². The van der Waals surface area contributed by atoms with Gasteiger partial charge in [0.15, 0.2) is 0 Å². The highest BCUT2D eigenvalue weighted by Crippen LogP contribution is 2.47. The second kappa shape index (κ2) is 11.0. The molecule has 3 unspecified atom stereocenters. The first kappa shape index (κ1) is 26.3. The minimum Gasteiger partial charge on any atom is -0.336 e. The van der Waals surface area contributed by atoms with Crippen LogP contribution in [0.3, 0.4) is 0 Å². The van der Waals surface area contributed by atoms with Crippen molar-refractivity contribution in [2.45, 2.75) is 108 Å². The summed E-state index contributed by atoms with van der Waals surface area (Å²) in [5, 5.41) is 0. The number of benzene rings is 1. The van der Waals surface area contributed by atoms with E-state index in [0.717, 1.165) is 19.3 Å². The number of allylic oxidation sites excluding steroid dienone is 7. The summed E-state index contributed by atoms with van der Waals surface area (Å²) >= 11 is 2.09. The van der Waals surface area contributed by atoms with Gasteiger partial charge in [-0.3, -0.25) is 0 Å². The van der Waals surface area contributed by atoms with Crippen molar-refractivity contribution < 1.29 is 0 Å². The summed E-state index contributed by atoms with van der Waals surface area (Å²) in [4.78, 5) is 5.93. The summed E-state index contributed by atoms with van der Waals surface area (Å²) < 4.78 is 0. The molecule has 0 amide bonds. The van der Waals surface area contributed by atoms with E-state index in [0.29, 0.717) is 17.8 Å². The lowest BCUT2D eigenvalue weighted by Crippen LogP contribution is -2.45. The van der Waals surface area contributed by atoms with Crippen LogP contribution in [0.4, 0.5) is 0 Å². The van der Waals surface area contributed by atoms with Crippen LogP contribution in [0.15, 0.2) is 78.2 Å². The topological polar surface area (TPSA) is 3.24 Å². The fourth-order valence-corrected chi connectivity index (χ4v) is 9.62. The summed E-state index contributed by atoms with van der Waals surface area (Å²) in [7, 11) is 0. The fraction of sp³-hybridized carbons (Fsp3) is 0.474. The zero-order valence-corrected chi connectivity index (χ0v) is 25.3. The Kier molecular flexibility index (Phi) is 7.25. The molecule has 208 valence electrons. The third-order valence-corrected chi connectivity index (χ3v) is 11.6. The predicted octanol–water partition coefficient (Wildman–Crippen LogP) is 10.6. The summed E-state index contributed by atoms with van der Waals surface area (Å²) in [6, 6.07) is 9.89. The number of hydrogen-bond acceptors (Lipinski definition) is 2. The van der Waals surface area contributed by atoms with Crippen molar-refractivity contribution >= 4 is 17.4 Å². The second-order valence-corrected chi connectivity index (χ2v) is 14.3. The van der Waals surface area contributed by atoms with Gasteiger partial charge in [-0.2, -0.15) is 0 Å². The number of hydrogen-bond donors (Lipinski definition) is 0. The predicted molar refractivity (Wildman–Crippen MR) is 172 cm³/mol. The summed E-state index contributed by atoms with van der Waals surface area (Å²) in [6.45, 7) is 4.81. The molecule has 0 saturated carbocycles. The van der Waals surface area contributed by atoms with E-state index in [-0.39, 0.29) is 5.54 Å². The van der Waals surface area contributed by atoms with E-state index >= 15 is 0 Å². The largest absolute Gasteiger partial charge is 0.336 e. The van der Waals surface area contributed by atoms with Crippen LogP contribution in [-0.4, -0.2) is 10.4 Å². The standard InChI is InChI=1S/C38H45NS/c1-27-10-8-11-32(26-27)39(38(2)24-6-3-7-25-38)31-22-20-29(21-23-31)28-16-18-30(19-17-28)33-13-9-14-35-34-12-4-5-15-36(34)40-37(33)35/h5-6,8,11,15-19,22,24,26-27,29,33H,3-4,7,9-10,12-14,20-21,23,25H2,1-2H3/t27?,29?,33-,38?/m1/s1. The first-order valence-electron chi connectivity index (χ1n) is 16.1. The van der Waals surface area contributed by atoms with Gasteiger partial charge in [-0.1, -0.05) is 67.6 Å². The van der Waals surface area contributed by atoms with Crippen LogP contribution >= 0.6 is 11.3 Å². The number of rotatable bonds is 5. The van der Waals surface area contributed by atoms with Gasteiger partial charge in [-0.25, -0.2) is 0 Å². The molecule has 0 radical (unpaired) electrons. The molecule has 1 nitrogen and oxygen atoms in total. The molecule has 0 aliphatic heterocycles. The van der Waals surface area contributed by atoms with Crippen LogP contribution in [0.1, 0.15) is 122 Å². The maximum absolute atomic E-state index is 2.71. The van der Waals surface area contributed by atoms with Gasteiger partial charge >= 0.3 is 0 Å². The summed E-state index contributed by atoms with van der Waals surface area (Å²) in [6.07, 6.45) is 34.4. The highest BCUT2D eigenvalue weighted by atomic mass is 32.1. The zero-order valence-electron chi connectivity index (χ0n) is 24.5. The van der Waals surface area contributed by atoms with Crippen molar-refractivity contribution in [3.63, 3.8) is 0 Å². The van der Waals surface area contributed by atoms with Crippen LogP contribution in [-0.2, 0) is 12.8 Å². The van der Waals surface area contributed by atoms with Crippen molar-refractivity contribution in [2.75, 3.05) is 0 Å². The molecule has 4 atom stereocenters. The van der Waals surface area contributed by atoms with E-state index in [1.807, 2.05) is 0 Å². The Bertz CT molecular complexity index is 1400. The fourth-order valence-electron chi connectivity index (χ4n) is 8.12. The zero-order chi connectivity index (χ0) is 27.1. The minimum atomic E-state index is 0.0848. The van der Waals surface area contributed by atoms with E-state index in [1.54, 1.807) is 20.9 Å². The molecule has 40 heavy (non-hydrogen) atoms. The van der Waals surface area contributed by atoms with Crippen LogP contribution in [0.2, 0.25) is 0 Å². The Labute approximate surface area is 246 Å². The molecule has 0 bridgehead atoms. The lowest BCUT2D eigenvalue weighted by Gasteiger charge is -2.46. The van der Waals surface area contributed by atoms with Crippen molar-refractivity contribution in [3.8, 4) is 0 Å². The first-order chi connectivity index (χ1) is 19.6. The Morgan fingerprint density at radius 2 is 1.73 bits per heavy atom. The Balaban J connectivity index is 1.10. The molecule has 1 aromatic carbocycles. The van der Waals surface area contributed by atoms with E-state index in [4.69, 9.17) is 0 Å². The third kappa shape index (κ3) is 4.91. The SMILES string of the molecule is CC1C=C(N(C2=CCC(c3ccc([C@H]4CCCc5c4sc4c5CCC=C4)cc3)CC2)C2(C)C=CCCC2)C=CC1. The van der Waals surface area contributed by atoms with Crippen molar-refractivity contribution in [1.29, 1.82) is 0 Å². The van der Waals surface area contributed by atoms with Gasteiger partial charge in [0.25, 0.3) is 0 Å². The molecule has 5 aliphatic carbocycles.